The Morgan fingerprint density at radius 1 is 0.778 bits per heavy atom. The van der Waals surface area contributed by atoms with Gasteiger partial charge in [0.15, 0.2) is 0 Å². The fourth-order valence-electron chi connectivity index (χ4n) is 1.33. The molecule has 0 saturated carbocycles. The Bertz CT molecular complexity index is 224. The molecule has 0 saturated heterocycles. The van der Waals surface area contributed by atoms with E-state index >= 15 is 0 Å². The molecular formula is C12H26MoO4S. The van der Waals surface area contributed by atoms with Gasteiger partial charge in [0, 0.05) is 10.4 Å². The molecule has 0 fully saturated rings. The summed E-state index contributed by atoms with van der Waals surface area (Å²) in [5.74, 6) is 0. The third-order valence-corrected chi connectivity index (χ3v) is 5.12. The minimum Gasteiger partial charge on any atom is -0.759 e. The van der Waals surface area contributed by atoms with Gasteiger partial charge < -0.3 is 9.11 Å². The second kappa shape index (κ2) is 15.6. The van der Waals surface area contributed by atoms with Gasteiger partial charge in [0.1, 0.15) is 0 Å². The third-order valence-electron chi connectivity index (χ3n) is 2.28. The van der Waals surface area contributed by atoms with Crippen molar-refractivity contribution in [2.24, 2.45) is 0 Å². The zero-order chi connectivity index (χ0) is 14.3. The summed E-state index contributed by atoms with van der Waals surface area (Å²) in [4.78, 5) is 3.20. The second-order valence-corrected chi connectivity index (χ2v) is 7.97. The third kappa shape index (κ3) is 36.0. The van der Waals surface area contributed by atoms with Gasteiger partial charge in [-0.1, -0.05) is 0 Å². The summed E-state index contributed by atoms with van der Waals surface area (Å²) < 4.78 is 34.1. The van der Waals surface area contributed by atoms with Crippen LogP contribution in [0, 0.1) is 0 Å². The van der Waals surface area contributed by atoms with Crippen molar-refractivity contribution in [2.45, 2.75) is 74.8 Å². The topological polar surface area (TPSA) is 80.3 Å². The maximum Gasteiger partial charge on any atom is 0.0311 e. The molecule has 0 bridgehead atoms. The van der Waals surface area contributed by atoms with E-state index in [9.17, 15) is 0 Å². The summed E-state index contributed by atoms with van der Waals surface area (Å²) in [7, 11) is -5.17. The molecular weight excluding hydrogens is 336 g/mol. The predicted molar refractivity (Wildman–Crippen MR) is 68.4 cm³/mol. The number of rotatable bonds is 10. The molecule has 0 aliphatic carbocycles. The summed E-state index contributed by atoms with van der Waals surface area (Å²) in [6.07, 6.45) is 11.8. The average Bonchev–Trinajstić information content (AvgIpc) is 2.25. The van der Waals surface area contributed by atoms with Gasteiger partial charge in [-0.15, -0.1) is 0 Å². The average molecular weight is 362 g/mol. The molecule has 110 valence electrons. The van der Waals surface area contributed by atoms with E-state index in [4.69, 9.17) is 17.5 Å². The van der Waals surface area contributed by atoms with E-state index in [-0.39, 0.29) is 0 Å². The molecule has 6 heteroatoms. The van der Waals surface area contributed by atoms with E-state index in [1.165, 1.54) is 51.4 Å². The molecule has 0 aromatic heterocycles. The fraction of sp³-hybridized carbons (Fsp3) is 1.00. The van der Waals surface area contributed by atoms with E-state index in [0.717, 1.165) is 0 Å². The van der Waals surface area contributed by atoms with Gasteiger partial charge in [0.25, 0.3) is 0 Å². The normalized spacial score (nSPS) is 10.7. The van der Waals surface area contributed by atoms with Crippen molar-refractivity contribution in [3.8, 4) is 0 Å². The van der Waals surface area contributed by atoms with E-state index in [2.05, 4.69) is 13.8 Å². The molecule has 0 unspecified atom stereocenters. The van der Waals surface area contributed by atoms with Crippen LogP contribution in [0.1, 0.15) is 65.2 Å². The van der Waals surface area contributed by atoms with Crippen LogP contribution in [-0.2, 0) is 29.0 Å². The van der Waals surface area contributed by atoms with Gasteiger partial charge in [-0.3, -0.25) is 8.42 Å². The van der Waals surface area contributed by atoms with E-state index in [0.29, 0.717) is 18.6 Å². The van der Waals surface area contributed by atoms with Crippen LogP contribution in [0.5, 0.6) is 0 Å². The van der Waals surface area contributed by atoms with Crippen molar-refractivity contribution in [3.63, 3.8) is 0 Å². The SMILES string of the molecule is CCCCCCC[CH2][Mo+2][CH2]CCC.O=S(=O)([O-])[O-]. The van der Waals surface area contributed by atoms with Gasteiger partial charge in [-0.05, 0) is 0 Å². The number of hydrogen-bond acceptors (Lipinski definition) is 4. The second-order valence-electron chi connectivity index (χ2n) is 4.14. The van der Waals surface area contributed by atoms with Gasteiger partial charge in [0.2, 0.25) is 0 Å². The summed E-state index contributed by atoms with van der Waals surface area (Å²) in [6, 6.07) is 0. The van der Waals surface area contributed by atoms with Crippen LogP contribution in [0.25, 0.3) is 0 Å². The Kier molecular flexibility index (Phi) is 18.1. The monoisotopic (exact) mass is 364 g/mol. The zero-order valence-electron chi connectivity index (χ0n) is 11.5. The molecule has 4 nitrogen and oxygen atoms in total. The smallest absolute Gasteiger partial charge is 0.0311 e. The molecule has 0 N–H and O–H groups in total. The van der Waals surface area contributed by atoms with Gasteiger partial charge >= 0.3 is 93.4 Å². The molecule has 0 spiro atoms. The first-order valence-electron chi connectivity index (χ1n) is 6.66. The molecule has 0 amide bonds. The molecule has 0 aliphatic heterocycles. The quantitative estimate of drug-likeness (QED) is 0.257. The first-order chi connectivity index (χ1) is 8.41. The van der Waals surface area contributed by atoms with Crippen molar-refractivity contribution in [2.75, 3.05) is 0 Å². The summed E-state index contributed by atoms with van der Waals surface area (Å²) >= 11 is 0.432. The van der Waals surface area contributed by atoms with E-state index in [1.54, 1.807) is 9.62 Å². The maximum absolute atomic E-state index is 8.52. The Morgan fingerprint density at radius 3 is 1.67 bits per heavy atom. The molecule has 18 heavy (non-hydrogen) atoms. The minimum absolute atomic E-state index is 0.432. The van der Waals surface area contributed by atoms with Crippen LogP contribution < -0.4 is 0 Å². The molecule has 0 heterocycles. The molecule has 0 aromatic carbocycles. The van der Waals surface area contributed by atoms with E-state index < -0.39 is 10.4 Å². The van der Waals surface area contributed by atoms with Crippen molar-refractivity contribution in [1.82, 2.24) is 0 Å². The van der Waals surface area contributed by atoms with Crippen LogP contribution >= 0.6 is 0 Å². The summed E-state index contributed by atoms with van der Waals surface area (Å²) in [5.41, 5.74) is 0. The number of hydrogen-bond donors (Lipinski definition) is 0. The van der Waals surface area contributed by atoms with Crippen molar-refractivity contribution < 1.29 is 36.1 Å². The summed E-state index contributed by atoms with van der Waals surface area (Å²) in [5, 5.41) is 0. The molecule has 0 rings (SSSR count). The van der Waals surface area contributed by atoms with E-state index in [1.807, 2.05) is 0 Å². The van der Waals surface area contributed by atoms with Crippen LogP contribution in [-0.4, -0.2) is 17.5 Å². The van der Waals surface area contributed by atoms with Crippen LogP contribution in [0.2, 0.25) is 9.62 Å². The van der Waals surface area contributed by atoms with Gasteiger partial charge in [0.05, 0.1) is 0 Å². The van der Waals surface area contributed by atoms with Crippen LogP contribution in [0.15, 0.2) is 0 Å². The molecule has 0 aromatic rings. The largest absolute Gasteiger partial charge is 0.759 e. The van der Waals surface area contributed by atoms with Gasteiger partial charge in [-0.2, -0.15) is 0 Å². The maximum atomic E-state index is 8.52. The molecule has 0 aliphatic rings. The fourth-order valence-corrected chi connectivity index (χ4v) is 4.05. The first kappa shape index (κ1) is 20.9. The first-order valence-corrected chi connectivity index (χ1v) is 10.8. The Morgan fingerprint density at radius 2 is 1.17 bits per heavy atom. The summed E-state index contributed by atoms with van der Waals surface area (Å²) in [6.45, 7) is 4.59. The Labute approximate surface area is 121 Å². The minimum atomic E-state index is -5.17. The Balaban J connectivity index is 0. The van der Waals surface area contributed by atoms with Crippen molar-refractivity contribution >= 4 is 10.4 Å². The van der Waals surface area contributed by atoms with Crippen LogP contribution in [0.4, 0.5) is 0 Å². The van der Waals surface area contributed by atoms with Crippen molar-refractivity contribution in [1.29, 1.82) is 0 Å². The van der Waals surface area contributed by atoms with Crippen molar-refractivity contribution in [3.05, 3.63) is 0 Å². The van der Waals surface area contributed by atoms with Crippen LogP contribution in [0.3, 0.4) is 0 Å². The number of unbranched alkanes of at least 4 members (excludes halogenated alkanes) is 6. The Hall–Kier alpha value is 0.558. The predicted octanol–water partition coefficient (Wildman–Crippen LogP) is 3.73. The zero-order valence-corrected chi connectivity index (χ0v) is 14.3. The molecule has 0 radical (unpaired) electrons. The van der Waals surface area contributed by atoms with Gasteiger partial charge in [-0.25, -0.2) is 0 Å². The molecule has 0 atom stereocenters. The standard InChI is InChI=1S/C8H17.C4H9.Mo.H2O4S/c1-3-5-7-8-6-4-2;1-3-4-2;;1-5(2,3)4/h1,3-8H2,2H3;1,3-4H2,2H3;;(H2,1,2,3,4)/q;;+2;/p-2.